The zero-order valence-electron chi connectivity index (χ0n) is 18.6. The number of hydrogen-bond donors (Lipinski definition) is 1. The van der Waals surface area contributed by atoms with E-state index in [1.807, 2.05) is 84.5 Å². The average molecular weight is 444 g/mol. The van der Waals surface area contributed by atoms with Crippen molar-refractivity contribution < 1.29 is 18.9 Å². The fourth-order valence-corrected chi connectivity index (χ4v) is 3.76. The van der Waals surface area contributed by atoms with Gasteiger partial charge in [-0.25, -0.2) is 4.98 Å². The quantitative estimate of drug-likeness (QED) is 0.413. The molecule has 33 heavy (non-hydrogen) atoms. The van der Waals surface area contributed by atoms with Crippen LogP contribution >= 0.6 is 0 Å². The Hall–Kier alpha value is -4.13. The summed E-state index contributed by atoms with van der Waals surface area (Å²) in [6, 6.07) is 21.9. The zero-order valence-corrected chi connectivity index (χ0v) is 18.6. The number of ether oxygens (including phenoxy) is 4. The molecule has 168 valence electrons. The predicted octanol–water partition coefficient (Wildman–Crippen LogP) is 5.02. The molecule has 0 atom stereocenters. The Kier molecular flexibility index (Phi) is 5.76. The summed E-state index contributed by atoms with van der Waals surface area (Å²) < 4.78 is 24.4. The number of methoxy groups -OCH3 is 1. The van der Waals surface area contributed by atoms with E-state index >= 15 is 0 Å². The van der Waals surface area contributed by atoms with Crippen LogP contribution in [0, 0.1) is 0 Å². The monoisotopic (exact) mass is 443 g/mol. The van der Waals surface area contributed by atoms with Crippen molar-refractivity contribution in [3.8, 4) is 34.3 Å². The van der Waals surface area contributed by atoms with E-state index < -0.39 is 0 Å². The minimum absolute atomic E-state index is 0.260. The summed E-state index contributed by atoms with van der Waals surface area (Å²) in [5.41, 5.74) is 4.17. The smallest absolute Gasteiger partial charge is 0.231 e. The second-order valence-electron chi connectivity index (χ2n) is 7.71. The fourth-order valence-electron chi connectivity index (χ4n) is 3.76. The first-order chi connectivity index (χ1) is 16.2. The minimum Gasteiger partial charge on any atom is -0.493 e. The topological polar surface area (TPSA) is 66.8 Å². The lowest BCUT2D eigenvalue weighted by Crippen LogP contribution is -2.06. The molecule has 7 nitrogen and oxygen atoms in total. The first kappa shape index (κ1) is 20.8. The van der Waals surface area contributed by atoms with Gasteiger partial charge in [-0.05, 0) is 41.5 Å². The van der Waals surface area contributed by atoms with Gasteiger partial charge in [0.25, 0.3) is 0 Å². The fraction of sp³-hybridized carbons (Fsp3) is 0.192. The summed E-state index contributed by atoms with van der Waals surface area (Å²) in [4.78, 5) is 4.56. The Morgan fingerprint density at radius 1 is 0.939 bits per heavy atom. The standard InChI is InChI=1S/C26H25N3O4/c1-29-21(20-9-11-23-25(13-20)33-17-32-23)15-28-26(29)27-14-19-8-10-22(30-2)24(12-19)31-16-18-6-4-3-5-7-18/h3-13,15H,14,16-17H2,1-2H3,(H,27,28). The van der Waals surface area contributed by atoms with Crippen molar-refractivity contribution in [1.82, 2.24) is 9.55 Å². The summed E-state index contributed by atoms with van der Waals surface area (Å²) >= 11 is 0. The third kappa shape index (κ3) is 4.43. The Morgan fingerprint density at radius 3 is 2.64 bits per heavy atom. The molecular formula is C26H25N3O4. The average Bonchev–Trinajstić information content (AvgIpc) is 3.48. The van der Waals surface area contributed by atoms with Crippen molar-refractivity contribution in [1.29, 1.82) is 0 Å². The third-order valence-electron chi connectivity index (χ3n) is 5.57. The number of nitrogens with one attached hydrogen (secondary N) is 1. The van der Waals surface area contributed by atoms with Crippen LogP contribution in [0.25, 0.3) is 11.3 Å². The highest BCUT2D eigenvalue weighted by Crippen LogP contribution is 2.36. The lowest BCUT2D eigenvalue weighted by Gasteiger charge is -2.13. The van der Waals surface area contributed by atoms with E-state index in [0.717, 1.165) is 39.8 Å². The van der Waals surface area contributed by atoms with Gasteiger partial charge >= 0.3 is 0 Å². The van der Waals surface area contributed by atoms with E-state index in [2.05, 4.69) is 10.3 Å². The van der Waals surface area contributed by atoms with E-state index in [1.54, 1.807) is 7.11 Å². The van der Waals surface area contributed by atoms with Gasteiger partial charge in [-0.2, -0.15) is 0 Å². The van der Waals surface area contributed by atoms with Gasteiger partial charge in [-0.1, -0.05) is 36.4 Å². The van der Waals surface area contributed by atoms with Gasteiger partial charge in [0.05, 0.1) is 19.0 Å². The van der Waals surface area contributed by atoms with Gasteiger partial charge in [0, 0.05) is 19.2 Å². The maximum absolute atomic E-state index is 6.03. The van der Waals surface area contributed by atoms with E-state index in [9.17, 15) is 0 Å². The molecule has 0 unspecified atom stereocenters. The number of anilines is 1. The van der Waals surface area contributed by atoms with Crippen molar-refractivity contribution in [3.63, 3.8) is 0 Å². The second-order valence-corrected chi connectivity index (χ2v) is 7.71. The molecular weight excluding hydrogens is 418 g/mol. The SMILES string of the molecule is COc1ccc(CNc2ncc(-c3ccc4c(c3)OCO4)n2C)cc1OCc1ccccc1. The van der Waals surface area contributed by atoms with Gasteiger partial charge in [0.1, 0.15) is 6.61 Å². The van der Waals surface area contributed by atoms with Crippen LogP contribution in [0.4, 0.5) is 5.95 Å². The number of hydrogen-bond acceptors (Lipinski definition) is 6. The van der Waals surface area contributed by atoms with Crippen molar-refractivity contribution in [3.05, 3.63) is 84.1 Å². The molecule has 1 aliphatic rings. The molecule has 3 aromatic carbocycles. The lowest BCUT2D eigenvalue weighted by molar-refractivity contribution is 0.174. The first-order valence-electron chi connectivity index (χ1n) is 10.7. The van der Waals surface area contributed by atoms with E-state index in [0.29, 0.717) is 24.7 Å². The van der Waals surface area contributed by atoms with Crippen LogP contribution < -0.4 is 24.3 Å². The molecule has 0 amide bonds. The van der Waals surface area contributed by atoms with Crippen LogP contribution in [-0.2, 0) is 20.2 Å². The molecule has 0 saturated heterocycles. The maximum Gasteiger partial charge on any atom is 0.231 e. The Balaban J connectivity index is 1.28. The molecule has 4 aromatic rings. The van der Waals surface area contributed by atoms with Crippen LogP contribution in [0.3, 0.4) is 0 Å². The Labute approximate surface area is 192 Å². The molecule has 7 heteroatoms. The first-order valence-corrected chi connectivity index (χ1v) is 10.7. The number of benzene rings is 3. The molecule has 0 saturated carbocycles. The molecule has 0 spiro atoms. The highest BCUT2D eigenvalue weighted by atomic mass is 16.7. The summed E-state index contributed by atoms with van der Waals surface area (Å²) in [7, 11) is 3.63. The number of imidazole rings is 1. The van der Waals surface area contributed by atoms with Crippen molar-refractivity contribution in [2.45, 2.75) is 13.2 Å². The third-order valence-corrected chi connectivity index (χ3v) is 5.57. The predicted molar refractivity (Wildman–Crippen MR) is 126 cm³/mol. The van der Waals surface area contributed by atoms with E-state index in [-0.39, 0.29) is 6.79 Å². The number of aromatic nitrogens is 2. The van der Waals surface area contributed by atoms with Gasteiger partial charge in [0.15, 0.2) is 23.0 Å². The summed E-state index contributed by atoms with van der Waals surface area (Å²) in [5.74, 6) is 3.71. The van der Waals surface area contributed by atoms with Crippen LogP contribution in [0.2, 0.25) is 0 Å². The second kappa shape index (κ2) is 9.16. The molecule has 5 rings (SSSR count). The minimum atomic E-state index is 0.260. The number of nitrogens with zero attached hydrogens (tertiary/aromatic N) is 2. The zero-order chi connectivity index (χ0) is 22.6. The lowest BCUT2D eigenvalue weighted by atomic mass is 10.1. The summed E-state index contributed by atoms with van der Waals surface area (Å²) in [6.45, 7) is 1.33. The molecule has 1 aromatic heterocycles. The van der Waals surface area contributed by atoms with Gasteiger partial charge in [0.2, 0.25) is 12.7 Å². The van der Waals surface area contributed by atoms with Crippen LogP contribution in [0.1, 0.15) is 11.1 Å². The highest BCUT2D eigenvalue weighted by molar-refractivity contribution is 5.66. The highest BCUT2D eigenvalue weighted by Gasteiger charge is 2.16. The van der Waals surface area contributed by atoms with E-state index in [1.165, 1.54) is 0 Å². The van der Waals surface area contributed by atoms with Crippen molar-refractivity contribution in [2.24, 2.45) is 7.05 Å². The summed E-state index contributed by atoms with van der Waals surface area (Å²) in [5, 5.41) is 3.41. The van der Waals surface area contributed by atoms with Gasteiger partial charge in [-0.15, -0.1) is 0 Å². The van der Waals surface area contributed by atoms with E-state index in [4.69, 9.17) is 18.9 Å². The Bertz CT molecular complexity index is 1250. The molecule has 0 radical (unpaired) electrons. The van der Waals surface area contributed by atoms with Gasteiger partial charge in [-0.3, -0.25) is 0 Å². The number of rotatable bonds is 8. The Morgan fingerprint density at radius 2 is 1.79 bits per heavy atom. The normalized spacial score (nSPS) is 11.9. The molecule has 0 fully saturated rings. The van der Waals surface area contributed by atoms with Crippen LogP contribution in [0.15, 0.2) is 72.9 Å². The maximum atomic E-state index is 6.03. The molecule has 2 heterocycles. The van der Waals surface area contributed by atoms with Gasteiger partial charge < -0.3 is 28.8 Å². The molecule has 1 N–H and O–H groups in total. The van der Waals surface area contributed by atoms with Crippen molar-refractivity contribution in [2.75, 3.05) is 19.2 Å². The van der Waals surface area contributed by atoms with Crippen LogP contribution in [0.5, 0.6) is 23.0 Å². The molecule has 0 aliphatic carbocycles. The van der Waals surface area contributed by atoms with Crippen LogP contribution in [-0.4, -0.2) is 23.5 Å². The van der Waals surface area contributed by atoms with Crippen molar-refractivity contribution >= 4 is 5.95 Å². The largest absolute Gasteiger partial charge is 0.493 e. The molecule has 1 aliphatic heterocycles. The number of fused-ring (bicyclic) bond motifs is 1. The molecule has 0 bridgehead atoms. The summed E-state index contributed by atoms with van der Waals surface area (Å²) in [6.07, 6.45) is 1.85.